The van der Waals surface area contributed by atoms with Crippen molar-refractivity contribution in [3.8, 4) is 11.1 Å². The Morgan fingerprint density at radius 3 is 2.51 bits per heavy atom. The van der Waals surface area contributed by atoms with Gasteiger partial charge < -0.3 is 21.3 Å². The lowest BCUT2D eigenvalue weighted by Gasteiger charge is -2.25. The number of amides is 3. The Morgan fingerprint density at radius 2 is 1.84 bits per heavy atom. The minimum atomic E-state index is -3.19. The molecule has 0 spiro atoms. The van der Waals surface area contributed by atoms with Crippen LogP contribution in [0, 0.1) is 10.2 Å². The number of alkyl halides is 2. The summed E-state index contributed by atoms with van der Waals surface area (Å²) in [6.45, 7) is 1.15. The molecule has 2 heterocycles. The number of hydrogen-bond acceptors (Lipinski definition) is 7. The summed E-state index contributed by atoms with van der Waals surface area (Å²) in [6, 6.07) is 10.1. The number of nitrogens with one attached hydrogen (secondary N) is 4. The van der Waals surface area contributed by atoms with E-state index < -0.39 is 57.3 Å². The molecule has 1 saturated heterocycles. The molecule has 1 aromatic heterocycles. The monoisotopic (exact) mass is 628 g/mol. The quantitative estimate of drug-likeness (QED) is 0.190. The van der Waals surface area contributed by atoms with Gasteiger partial charge in [-0.15, -0.1) is 11.3 Å². The number of fused-ring (bicyclic) bond motifs is 3. The maximum atomic E-state index is 14.9. The van der Waals surface area contributed by atoms with Crippen molar-refractivity contribution in [3.05, 3.63) is 81.0 Å². The normalized spacial score (nSPS) is 20.4. The Balaban J connectivity index is 1.29. The first-order valence-electron chi connectivity index (χ1n) is 13.3. The number of halogens is 2. The first-order chi connectivity index (χ1) is 20.2. The summed E-state index contributed by atoms with van der Waals surface area (Å²) in [6.07, 6.45) is 1.27. The largest absolute Gasteiger partial charge is 0.384 e. The lowest BCUT2D eigenvalue weighted by molar-refractivity contribution is -0.137. The highest BCUT2D eigenvalue weighted by atomic mass is 32.2. The third-order valence-corrected chi connectivity index (χ3v) is 10.5. The zero-order chi connectivity index (χ0) is 31.3. The first kappa shape index (κ1) is 30.3. The molecule has 43 heavy (non-hydrogen) atoms. The predicted molar refractivity (Wildman–Crippen MR) is 160 cm³/mol. The van der Waals surface area contributed by atoms with Crippen LogP contribution in [-0.2, 0) is 25.2 Å². The van der Waals surface area contributed by atoms with Gasteiger partial charge in [0.25, 0.3) is 11.8 Å². The number of hydrogen-bond donors (Lipinski definition) is 5. The molecule has 6 N–H and O–H groups in total. The van der Waals surface area contributed by atoms with Crippen molar-refractivity contribution < 1.29 is 27.4 Å². The van der Waals surface area contributed by atoms with Crippen LogP contribution in [0.25, 0.3) is 11.1 Å². The third-order valence-electron chi connectivity index (χ3n) is 7.81. The Bertz CT molecular complexity index is 1760. The van der Waals surface area contributed by atoms with Gasteiger partial charge in [0.2, 0.25) is 11.8 Å². The van der Waals surface area contributed by atoms with Crippen LogP contribution in [-0.4, -0.2) is 63.3 Å². The molecule has 10 nitrogen and oxygen atoms in total. The second kappa shape index (κ2) is 11.2. The number of nitrogens with two attached hydrogens (primary N) is 1. The number of carbonyl (C=O) groups excluding carboxylic acids is 3. The van der Waals surface area contributed by atoms with Gasteiger partial charge in [-0.3, -0.25) is 24.6 Å². The molecule has 0 radical (unpaired) electrons. The van der Waals surface area contributed by atoms with Crippen LogP contribution in [0.2, 0.25) is 0 Å². The molecule has 2 aromatic carbocycles. The number of rotatable bonds is 8. The molecule has 3 aromatic rings. The number of likely N-dealkylation sites (tertiary alicyclic amines) is 1. The minimum Gasteiger partial charge on any atom is -0.384 e. The number of thiophene rings is 1. The van der Waals surface area contributed by atoms with Crippen molar-refractivity contribution in [2.75, 3.05) is 19.3 Å². The molecule has 0 bridgehead atoms. The number of amidine groups is 1. The predicted octanol–water partition coefficient (Wildman–Crippen LogP) is 3.41. The van der Waals surface area contributed by atoms with Crippen LogP contribution >= 0.6 is 11.3 Å². The van der Waals surface area contributed by atoms with Gasteiger partial charge in [-0.1, -0.05) is 30.3 Å². The summed E-state index contributed by atoms with van der Waals surface area (Å²) in [7, 11) is -3.09. The number of benzene rings is 2. The van der Waals surface area contributed by atoms with E-state index in [1.165, 1.54) is 52.8 Å². The summed E-state index contributed by atoms with van der Waals surface area (Å²) in [5, 5.41) is 13.9. The fourth-order valence-electron chi connectivity index (χ4n) is 5.43. The van der Waals surface area contributed by atoms with E-state index in [1.807, 2.05) is 0 Å². The maximum absolute atomic E-state index is 14.9. The van der Waals surface area contributed by atoms with Gasteiger partial charge in [-0.25, -0.2) is 4.21 Å². The zero-order valence-corrected chi connectivity index (χ0v) is 24.9. The fourth-order valence-corrected chi connectivity index (χ4v) is 7.34. The average Bonchev–Trinajstić information content (AvgIpc) is 3.68. The molecule has 14 heteroatoms. The summed E-state index contributed by atoms with van der Waals surface area (Å²) >= 11 is 1.31. The molecule has 0 saturated carbocycles. The standard InChI is InChI=1S/C29H30F2N6O4S2/c1-15(24-10-17(14-42-24)26(32)33)36-28(40)23-11-18(43(2,34)41)13-37(23)25(38)12-35-27(39)16-7-8-22-20(9-16)19-5-3-4-6-21(19)29(22,30)31/h3-10,14-15,18,23,34H,11-13H2,1-2H3,(H3,32,33)(H,35,39)(H,36,40)/t15-,18-,23+,43+/m1/s1. The van der Waals surface area contributed by atoms with Gasteiger partial charge in [0.05, 0.1) is 17.8 Å². The highest BCUT2D eigenvalue weighted by Crippen LogP contribution is 2.50. The van der Waals surface area contributed by atoms with Crippen LogP contribution in [0.5, 0.6) is 0 Å². The number of carbonyl (C=O) groups is 3. The van der Waals surface area contributed by atoms with E-state index in [0.29, 0.717) is 11.1 Å². The van der Waals surface area contributed by atoms with Crippen LogP contribution < -0.4 is 16.4 Å². The van der Waals surface area contributed by atoms with Crippen LogP contribution in [0.1, 0.15) is 51.3 Å². The van der Waals surface area contributed by atoms with E-state index in [2.05, 4.69) is 10.6 Å². The van der Waals surface area contributed by atoms with E-state index in [1.54, 1.807) is 30.5 Å². The zero-order valence-electron chi connectivity index (χ0n) is 23.3. The van der Waals surface area contributed by atoms with E-state index in [0.717, 1.165) is 4.88 Å². The first-order valence-corrected chi connectivity index (χ1v) is 16.2. The second-order valence-electron chi connectivity index (χ2n) is 10.8. The van der Waals surface area contributed by atoms with E-state index >= 15 is 0 Å². The maximum Gasteiger partial charge on any atom is 0.299 e. The molecule has 2 aliphatic rings. The fraction of sp³-hybridized carbons (Fsp3) is 0.310. The Morgan fingerprint density at radius 1 is 1.14 bits per heavy atom. The van der Waals surface area contributed by atoms with Crippen molar-refractivity contribution in [3.63, 3.8) is 0 Å². The van der Waals surface area contributed by atoms with Gasteiger partial charge in [0.15, 0.2) is 0 Å². The van der Waals surface area contributed by atoms with Gasteiger partial charge >= 0.3 is 0 Å². The van der Waals surface area contributed by atoms with Crippen molar-refractivity contribution >= 4 is 44.6 Å². The summed E-state index contributed by atoms with van der Waals surface area (Å²) in [5.41, 5.74) is 6.37. The van der Waals surface area contributed by atoms with Gasteiger partial charge in [0, 0.05) is 55.0 Å². The van der Waals surface area contributed by atoms with Gasteiger partial charge in [-0.05, 0) is 42.7 Å². The molecule has 1 aliphatic heterocycles. The Labute approximate surface area is 251 Å². The summed E-state index contributed by atoms with van der Waals surface area (Å²) < 4.78 is 50.4. The van der Waals surface area contributed by atoms with Crippen molar-refractivity contribution in [2.45, 2.75) is 36.6 Å². The molecular weight excluding hydrogens is 598 g/mol. The van der Waals surface area contributed by atoms with Crippen molar-refractivity contribution in [1.29, 1.82) is 10.2 Å². The summed E-state index contributed by atoms with van der Waals surface area (Å²) in [4.78, 5) is 41.5. The lowest BCUT2D eigenvalue weighted by Crippen LogP contribution is -2.49. The second-order valence-corrected chi connectivity index (χ2v) is 14.2. The summed E-state index contributed by atoms with van der Waals surface area (Å²) in [5.74, 6) is -5.07. The molecule has 3 amide bonds. The number of nitrogens with zero attached hydrogens (tertiary/aromatic N) is 1. The molecule has 4 atom stereocenters. The van der Waals surface area contributed by atoms with E-state index in [9.17, 15) is 27.4 Å². The minimum absolute atomic E-state index is 0.0126. The number of nitrogen functional groups attached to an aromatic ring is 1. The van der Waals surface area contributed by atoms with Gasteiger partial charge in [0.1, 0.15) is 11.9 Å². The molecule has 0 unspecified atom stereocenters. The van der Waals surface area contributed by atoms with Crippen LogP contribution in [0.3, 0.4) is 0 Å². The molecular formula is C29H30F2N6O4S2. The van der Waals surface area contributed by atoms with Crippen molar-refractivity contribution in [1.82, 2.24) is 15.5 Å². The molecule has 1 aliphatic carbocycles. The van der Waals surface area contributed by atoms with Crippen LogP contribution in [0.15, 0.2) is 53.9 Å². The Kier molecular flexibility index (Phi) is 7.86. The topological polar surface area (TPSA) is 169 Å². The third kappa shape index (κ3) is 5.76. The van der Waals surface area contributed by atoms with E-state index in [4.69, 9.17) is 15.9 Å². The highest BCUT2D eigenvalue weighted by molar-refractivity contribution is 7.92. The average molecular weight is 629 g/mol. The molecule has 1 fully saturated rings. The highest BCUT2D eigenvalue weighted by Gasteiger charge is 2.45. The van der Waals surface area contributed by atoms with Crippen molar-refractivity contribution in [2.24, 2.45) is 5.73 Å². The van der Waals surface area contributed by atoms with Crippen LogP contribution in [0.4, 0.5) is 8.78 Å². The van der Waals surface area contributed by atoms with E-state index in [-0.39, 0.29) is 41.1 Å². The smallest absolute Gasteiger partial charge is 0.299 e. The molecule has 5 rings (SSSR count). The molecule has 226 valence electrons. The van der Waals surface area contributed by atoms with Gasteiger partial charge in [-0.2, -0.15) is 8.78 Å². The lowest BCUT2D eigenvalue weighted by atomic mass is 10.0. The Hall–Kier alpha value is -4.17. The SMILES string of the molecule is C[C@@H](NC(=O)[C@@H]1C[C@@H]([S@@](C)(=N)=O)CN1C(=O)CNC(=O)c1ccc2c(c1)-c1ccccc1C2(F)F)c1cc(C(=N)N)cs1.